The first-order valence-corrected chi connectivity index (χ1v) is 9.92. The zero-order chi connectivity index (χ0) is 19.0. The van der Waals surface area contributed by atoms with E-state index in [1.54, 1.807) is 19.3 Å². The number of likely N-dealkylation sites (tertiary alicyclic amines) is 1. The summed E-state index contributed by atoms with van der Waals surface area (Å²) < 4.78 is 3.42. The van der Waals surface area contributed by atoms with Crippen LogP contribution in [0.15, 0.2) is 23.1 Å². The van der Waals surface area contributed by atoms with Crippen molar-refractivity contribution in [3.63, 3.8) is 0 Å². The number of hydrogen-bond donors (Lipinski definition) is 0. The highest BCUT2D eigenvalue weighted by molar-refractivity contribution is 5.95. The van der Waals surface area contributed by atoms with E-state index in [0.717, 1.165) is 37.2 Å². The quantitative estimate of drug-likeness (QED) is 0.833. The van der Waals surface area contributed by atoms with Gasteiger partial charge in [-0.1, -0.05) is 12.8 Å². The predicted molar refractivity (Wildman–Crippen MR) is 102 cm³/mol. The number of rotatable bonds is 3. The van der Waals surface area contributed by atoms with Gasteiger partial charge in [0.2, 0.25) is 0 Å². The molecule has 0 radical (unpaired) electrons. The Kier molecular flexibility index (Phi) is 4.85. The van der Waals surface area contributed by atoms with E-state index in [-0.39, 0.29) is 17.5 Å². The average molecular weight is 369 g/mol. The van der Waals surface area contributed by atoms with Crippen LogP contribution in [0.25, 0.3) is 0 Å². The molecule has 2 fully saturated rings. The molecule has 27 heavy (non-hydrogen) atoms. The van der Waals surface area contributed by atoms with E-state index in [9.17, 15) is 9.59 Å². The SMILES string of the molecule is Cc1ncccc1C(=O)N1CCC(c2nn(C)c(=O)n2C2CCCC2)CC1. The zero-order valence-electron chi connectivity index (χ0n) is 16.1. The molecule has 144 valence electrons. The van der Waals surface area contributed by atoms with Gasteiger partial charge in [-0.2, -0.15) is 5.10 Å². The van der Waals surface area contributed by atoms with Crippen molar-refractivity contribution in [3.05, 3.63) is 45.9 Å². The molecular formula is C20H27N5O2. The second kappa shape index (κ2) is 7.29. The normalized spacial score (nSPS) is 19.0. The van der Waals surface area contributed by atoms with Crippen LogP contribution in [0.5, 0.6) is 0 Å². The standard InChI is InChI=1S/C20H27N5O2/c1-14-17(8-5-11-21-14)19(26)24-12-9-15(10-13-24)18-22-23(2)20(27)25(18)16-6-3-4-7-16/h5,8,11,15-16H,3-4,6-7,9-10,12-13H2,1-2H3. The number of aryl methyl sites for hydroxylation is 2. The fraction of sp³-hybridized carbons (Fsp3) is 0.600. The predicted octanol–water partition coefficient (Wildman–Crippen LogP) is 2.42. The van der Waals surface area contributed by atoms with Crippen LogP contribution in [-0.2, 0) is 7.05 Å². The number of hydrogen-bond acceptors (Lipinski definition) is 4. The zero-order valence-corrected chi connectivity index (χ0v) is 16.1. The summed E-state index contributed by atoms with van der Waals surface area (Å²) in [5.41, 5.74) is 1.45. The second-order valence-electron chi connectivity index (χ2n) is 7.78. The molecule has 1 saturated carbocycles. The Balaban J connectivity index is 1.50. The highest BCUT2D eigenvalue weighted by Crippen LogP contribution is 2.33. The molecule has 1 saturated heterocycles. The van der Waals surface area contributed by atoms with Crippen molar-refractivity contribution in [2.75, 3.05) is 13.1 Å². The Morgan fingerprint density at radius 2 is 1.85 bits per heavy atom. The van der Waals surface area contributed by atoms with E-state index in [2.05, 4.69) is 10.1 Å². The molecule has 4 rings (SSSR count). The van der Waals surface area contributed by atoms with Gasteiger partial charge in [-0.05, 0) is 44.7 Å². The fourth-order valence-corrected chi connectivity index (χ4v) is 4.50. The number of carbonyl (C=O) groups excluding carboxylic acids is 1. The van der Waals surface area contributed by atoms with Crippen LogP contribution in [0.4, 0.5) is 0 Å². The van der Waals surface area contributed by atoms with Crippen molar-refractivity contribution >= 4 is 5.91 Å². The van der Waals surface area contributed by atoms with Gasteiger partial charge in [-0.25, -0.2) is 9.48 Å². The molecule has 3 heterocycles. The van der Waals surface area contributed by atoms with Crippen molar-refractivity contribution in [1.82, 2.24) is 24.2 Å². The third kappa shape index (κ3) is 3.31. The lowest BCUT2D eigenvalue weighted by Crippen LogP contribution is -2.39. The lowest BCUT2D eigenvalue weighted by molar-refractivity contribution is 0.0708. The van der Waals surface area contributed by atoms with Gasteiger partial charge in [0.05, 0.1) is 5.56 Å². The van der Waals surface area contributed by atoms with Gasteiger partial charge in [-0.15, -0.1) is 0 Å². The average Bonchev–Trinajstić information content (AvgIpc) is 3.30. The first-order valence-electron chi connectivity index (χ1n) is 9.92. The minimum atomic E-state index is 0.00129. The molecule has 7 nitrogen and oxygen atoms in total. The summed E-state index contributed by atoms with van der Waals surface area (Å²) in [5, 5.41) is 4.57. The maximum absolute atomic E-state index is 12.8. The minimum absolute atomic E-state index is 0.00129. The molecule has 2 aliphatic rings. The largest absolute Gasteiger partial charge is 0.345 e. The molecule has 2 aromatic heterocycles. The molecule has 1 amide bonds. The van der Waals surface area contributed by atoms with Gasteiger partial charge < -0.3 is 4.90 Å². The Morgan fingerprint density at radius 3 is 2.52 bits per heavy atom. The highest BCUT2D eigenvalue weighted by atomic mass is 16.2. The molecule has 7 heteroatoms. The summed E-state index contributed by atoms with van der Waals surface area (Å²) in [4.78, 5) is 31.5. The maximum atomic E-state index is 12.8. The lowest BCUT2D eigenvalue weighted by Gasteiger charge is -2.32. The lowest BCUT2D eigenvalue weighted by atomic mass is 9.95. The van der Waals surface area contributed by atoms with Crippen LogP contribution in [0.2, 0.25) is 0 Å². The van der Waals surface area contributed by atoms with E-state index >= 15 is 0 Å². The number of piperidine rings is 1. The Bertz CT molecular complexity index is 886. The molecule has 1 aliphatic heterocycles. The molecular weight excluding hydrogens is 342 g/mol. The van der Waals surface area contributed by atoms with Gasteiger partial charge in [-0.3, -0.25) is 14.3 Å². The van der Waals surface area contributed by atoms with Crippen molar-refractivity contribution in [2.24, 2.45) is 7.05 Å². The summed E-state index contributed by atoms with van der Waals surface area (Å²) in [6.45, 7) is 3.24. The number of carbonyl (C=O) groups is 1. The van der Waals surface area contributed by atoms with Crippen LogP contribution in [0.1, 0.15) is 72.4 Å². The van der Waals surface area contributed by atoms with Gasteiger partial charge in [0, 0.05) is 44.0 Å². The minimum Gasteiger partial charge on any atom is -0.339 e. The molecule has 0 unspecified atom stereocenters. The third-order valence-corrected chi connectivity index (χ3v) is 6.06. The molecule has 0 N–H and O–H groups in total. The molecule has 0 bridgehead atoms. The highest BCUT2D eigenvalue weighted by Gasteiger charge is 2.31. The van der Waals surface area contributed by atoms with Crippen molar-refractivity contribution in [2.45, 2.75) is 57.4 Å². The first kappa shape index (κ1) is 17.9. The van der Waals surface area contributed by atoms with Crippen molar-refractivity contribution in [3.8, 4) is 0 Å². The van der Waals surface area contributed by atoms with Crippen LogP contribution in [0.3, 0.4) is 0 Å². The summed E-state index contributed by atoms with van der Waals surface area (Å²) in [6.07, 6.45) is 7.89. The molecule has 0 spiro atoms. The van der Waals surface area contributed by atoms with Gasteiger partial charge >= 0.3 is 5.69 Å². The van der Waals surface area contributed by atoms with E-state index in [1.807, 2.05) is 22.5 Å². The monoisotopic (exact) mass is 369 g/mol. The summed E-state index contributed by atoms with van der Waals surface area (Å²) in [5.74, 6) is 1.20. The number of pyridine rings is 1. The first-order chi connectivity index (χ1) is 13.1. The van der Waals surface area contributed by atoms with E-state index in [0.29, 0.717) is 24.7 Å². The number of nitrogens with zero attached hydrogens (tertiary/aromatic N) is 5. The Hall–Kier alpha value is -2.44. The van der Waals surface area contributed by atoms with Gasteiger partial charge in [0.15, 0.2) is 0 Å². The van der Waals surface area contributed by atoms with E-state index < -0.39 is 0 Å². The third-order valence-electron chi connectivity index (χ3n) is 6.06. The molecule has 0 atom stereocenters. The molecule has 0 aromatic carbocycles. The Morgan fingerprint density at radius 1 is 1.15 bits per heavy atom. The smallest absolute Gasteiger partial charge is 0.339 e. The number of amides is 1. The second-order valence-corrected chi connectivity index (χ2v) is 7.78. The van der Waals surface area contributed by atoms with E-state index in [1.165, 1.54) is 17.5 Å². The topological polar surface area (TPSA) is 73.0 Å². The van der Waals surface area contributed by atoms with Crippen LogP contribution in [0, 0.1) is 6.92 Å². The van der Waals surface area contributed by atoms with Gasteiger partial charge in [0.25, 0.3) is 5.91 Å². The summed E-state index contributed by atoms with van der Waals surface area (Å²) in [6, 6.07) is 3.94. The van der Waals surface area contributed by atoms with Crippen molar-refractivity contribution < 1.29 is 4.79 Å². The van der Waals surface area contributed by atoms with Gasteiger partial charge in [0.1, 0.15) is 5.82 Å². The van der Waals surface area contributed by atoms with Crippen LogP contribution < -0.4 is 5.69 Å². The summed E-state index contributed by atoms with van der Waals surface area (Å²) in [7, 11) is 1.74. The van der Waals surface area contributed by atoms with Crippen molar-refractivity contribution in [1.29, 1.82) is 0 Å². The van der Waals surface area contributed by atoms with Crippen LogP contribution in [-0.4, -0.2) is 43.2 Å². The molecule has 1 aliphatic carbocycles. The summed E-state index contributed by atoms with van der Waals surface area (Å²) >= 11 is 0. The number of aromatic nitrogens is 4. The van der Waals surface area contributed by atoms with Crippen LogP contribution >= 0.6 is 0 Å². The maximum Gasteiger partial charge on any atom is 0.345 e. The van der Waals surface area contributed by atoms with E-state index in [4.69, 9.17) is 0 Å². The Labute approximate surface area is 159 Å². The fourth-order valence-electron chi connectivity index (χ4n) is 4.50. The molecule has 2 aromatic rings.